The lowest BCUT2D eigenvalue weighted by Gasteiger charge is -2.06. The lowest BCUT2D eigenvalue weighted by molar-refractivity contribution is 0.0950. The molecule has 0 aromatic heterocycles. The van der Waals surface area contributed by atoms with Crippen molar-refractivity contribution >= 4 is 5.91 Å². The van der Waals surface area contributed by atoms with Crippen LogP contribution >= 0.6 is 0 Å². The Kier molecular flexibility index (Phi) is 2.49. The molecule has 2 rings (SSSR count). The van der Waals surface area contributed by atoms with Crippen molar-refractivity contribution in [2.24, 2.45) is 0 Å². The van der Waals surface area contributed by atoms with Crippen LogP contribution in [0.4, 0.5) is 0 Å². The molecule has 0 atom stereocenters. The number of methoxy groups -OCH3 is 1. The smallest absolute Gasteiger partial charge is 0.251 e. The molecule has 4 heteroatoms. The SMILES string of the molecule is COc1ccc(C(=O)NC2CC2)cc1O. The number of carbonyl (C=O) groups excluding carboxylic acids is 1. The highest BCUT2D eigenvalue weighted by atomic mass is 16.5. The van der Waals surface area contributed by atoms with Gasteiger partial charge in [0.05, 0.1) is 7.11 Å². The average molecular weight is 207 g/mol. The number of amides is 1. The fraction of sp³-hybridized carbons (Fsp3) is 0.364. The van der Waals surface area contributed by atoms with Crippen LogP contribution in [-0.4, -0.2) is 24.2 Å². The number of hydrogen-bond donors (Lipinski definition) is 2. The quantitative estimate of drug-likeness (QED) is 0.785. The van der Waals surface area contributed by atoms with E-state index in [1.165, 1.54) is 13.2 Å². The molecule has 1 amide bonds. The first-order chi connectivity index (χ1) is 7.20. The summed E-state index contributed by atoms with van der Waals surface area (Å²) < 4.78 is 4.89. The van der Waals surface area contributed by atoms with Crippen molar-refractivity contribution in [1.82, 2.24) is 5.32 Å². The van der Waals surface area contributed by atoms with Gasteiger partial charge in [-0.15, -0.1) is 0 Å². The van der Waals surface area contributed by atoms with Crippen LogP contribution in [0.2, 0.25) is 0 Å². The Hall–Kier alpha value is -1.71. The van der Waals surface area contributed by atoms with E-state index in [0.717, 1.165) is 12.8 Å². The zero-order chi connectivity index (χ0) is 10.8. The van der Waals surface area contributed by atoms with Crippen LogP contribution in [0.15, 0.2) is 18.2 Å². The Bertz CT molecular complexity index is 385. The first-order valence-corrected chi connectivity index (χ1v) is 4.88. The summed E-state index contributed by atoms with van der Waals surface area (Å²) in [6.45, 7) is 0. The fourth-order valence-electron chi connectivity index (χ4n) is 1.33. The molecule has 0 bridgehead atoms. The van der Waals surface area contributed by atoms with E-state index in [2.05, 4.69) is 5.32 Å². The van der Waals surface area contributed by atoms with Gasteiger partial charge in [-0.25, -0.2) is 0 Å². The van der Waals surface area contributed by atoms with Crippen LogP contribution in [-0.2, 0) is 0 Å². The van der Waals surface area contributed by atoms with Gasteiger partial charge in [0.15, 0.2) is 11.5 Å². The number of aromatic hydroxyl groups is 1. The summed E-state index contributed by atoms with van der Waals surface area (Å²) in [5.74, 6) is 0.217. The topological polar surface area (TPSA) is 58.6 Å². The molecule has 1 fully saturated rings. The van der Waals surface area contributed by atoms with Crippen LogP contribution in [0.1, 0.15) is 23.2 Å². The fourth-order valence-corrected chi connectivity index (χ4v) is 1.33. The van der Waals surface area contributed by atoms with Gasteiger partial charge < -0.3 is 15.2 Å². The highest BCUT2D eigenvalue weighted by Gasteiger charge is 2.24. The van der Waals surface area contributed by atoms with Gasteiger partial charge in [0.2, 0.25) is 0 Å². The van der Waals surface area contributed by atoms with Crippen molar-refractivity contribution < 1.29 is 14.6 Å². The summed E-state index contributed by atoms with van der Waals surface area (Å²) in [6, 6.07) is 4.95. The van der Waals surface area contributed by atoms with Gasteiger partial charge in [-0.05, 0) is 31.0 Å². The number of phenols is 1. The third-order valence-corrected chi connectivity index (χ3v) is 2.35. The molecule has 2 N–H and O–H groups in total. The Morgan fingerprint density at radius 3 is 2.80 bits per heavy atom. The van der Waals surface area contributed by atoms with Gasteiger partial charge in [-0.1, -0.05) is 0 Å². The average Bonchev–Trinajstić information content (AvgIpc) is 3.01. The van der Waals surface area contributed by atoms with Gasteiger partial charge in [-0.2, -0.15) is 0 Å². The van der Waals surface area contributed by atoms with Gasteiger partial charge in [0, 0.05) is 11.6 Å². The number of rotatable bonds is 3. The van der Waals surface area contributed by atoms with E-state index in [-0.39, 0.29) is 11.7 Å². The van der Waals surface area contributed by atoms with E-state index in [1.54, 1.807) is 12.1 Å². The Labute approximate surface area is 87.9 Å². The molecule has 1 aliphatic carbocycles. The minimum absolute atomic E-state index is 0.0130. The maximum atomic E-state index is 11.6. The predicted molar refractivity (Wildman–Crippen MR) is 55.1 cm³/mol. The van der Waals surface area contributed by atoms with Gasteiger partial charge in [0.25, 0.3) is 5.91 Å². The van der Waals surface area contributed by atoms with E-state index >= 15 is 0 Å². The Balaban J connectivity index is 2.13. The van der Waals surface area contributed by atoms with Crippen LogP contribution in [0.25, 0.3) is 0 Å². The maximum absolute atomic E-state index is 11.6. The maximum Gasteiger partial charge on any atom is 0.251 e. The number of ether oxygens (including phenoxy) is 1. The summed E-state index contributed by atoms with van der Waals surface area (Å²) in [7, 11) is 1.47. The normalized spacial score (nSPS) is 14.7. The molecule has 1 aromatic rings. The van der Waals surface area contributed by atoms with Gasteiger partial charge >= 0.3 is 0 Å². The summed E-state index contributed by atoms with van der Waals surface area (Å²) >= 11 is 0. The molecule has 15 heavy (non-hydrogen) atoms. The largest absolute Gasteiger partial charge is 0.504 e. The summed E-state index contributed by atoms with van der Waals surface area (Å²) in [5, 5.41) is 12.3. The summed E-state index contributed by atoms with van der Waals surface area (Å²) in [6.07, 6.45) is 2.10. The van der Waals surface area contributed by atoms with Crippen molar-refractivity contribution in [2.75, 3.05) is 7.11 Å². The van der Waals surface area contributed by atoms with Gasteiger partial charge in [-0.3, -0.25) is 4.79 Å². The number of carbonyl (C=O) groups is 1. The van der Waals surface area contributed by atoms with Crippen molar-refractivity contribution in [3.63, 3.8) is 0 Å². The second-order valence-corrected chi connectivity index (χ2v) is 3.63. The van der Waals surface area contributed by atoms with Gasteiger partial charge in [0.1, 0.15) is 0 Å². The number of nitrogens with one attached hydrogen (secondary N) is 1. The lowest BCUT2D eigenvalue weighted by Crippen LogP contribution is -2.25. The van der Waals surface area contributed by atoms with Crippen LogP contribution in [0.3, 0.4) is 0 Å². The second kappa shape index (κ2) is 3.81. The molecule has 4 nitrogen and oxygen atoms in total. The van der Waals surface area contributed by atoms with Crippen LogP contribution in [0.5, 0.6) is 11.5 Å². The van der Waals surface area contributed by atoms with Crippen molar-refractivity contribution in [1.29, 1.82) is 0 Å². The molecule has 0 saturated heterocycles. The predicted octanol–water partition coefficient (Wildman–Crippen LogP) is 1.29. The number of benzene rings is 1. The minimum atomic E-state index is -0.143. The molecule has 0 spiro atoms. The minimum Gasteiger partial charge on any atom is -0.504 e. The third-order valence-electron chi connectivity index (χ3n) is 2.35. The number of hydrogen-bond acceptors (Lipinski definition) is 3. The van der Waals surface area contributed by atoms with E-state index in [9.17, 15) is 9.90 Å². The van der Waals surface area contributed by atoms with Crippen molar-refractivity contribution in [2.45, 2.75) is 18.9 Å². The molecular weight excluding hydrogens is 194 g/mol. The molecule has 1 saturated carbocycles. The molecular formula is C11H13NO3. The summed E-state index contributed by atoms with van der Waals surface area (Å²) in [5.41, 5.74) is 0.459. The first-order valence-electron chi connectivity index (χ1n) is 4.88. The van der Waals surface area contributed by atoms with Crippen LogP contribution < -0.4 is 10.1 Å². The molecule has 0 unspecified atom stereocenters. The second-order valence-electron chi connectivity index (χ2n) is 3.63. The lowest BCUT2D eigenvalue weighted by atomic mass is 10.2. The Morgan fingerprint density at radius 1 is 1.53 bits per heavy atom. The first kappa shape index (κ1) is 9.83. The zero-order valence-corrected chi connectivity index (χ0v) is 8.49. The van der Waals surface area contributed by atoms with E-state index < -0.39 is 0 Å². The molecule has 1 aromatic carbocycles. The van der Waals surface area contributed by atoms with E-state index in [4.69, 9.17) is 4.74 Å². The highest BCUT2D eigenvalue weighted by molar-refractivity contribution is 5.95. The monoisotopic (exact) mass is 207 g/mol. The van der Waals surface area contributed by atoms with E-state index in [0.29, 0.717) is 17.4 Å². The molecule has 80 valence electrons. The van der Waals surface area contributed by atoms with Crippen molar-refractivity contribution in [3.05, 3.63) is 23.8 Å². The molecule has 0 radical (unpaired) electrons. The molecule has 0 aliphatic heterocycles. The third kappa shape index (κ3) is 2.21. The Morgan fingerprint density at radius 2 is 2.27 bits per heavy atom. The standard InChI is InChI=1S/C11H13NO3/c1-15-10-5-2-7(6-9(10)13)11(14)12-8-3-4-8/h2,5-6,8,13H,3-4H2,1H3,(H,12,14). The molecule has 1 aliphatic rings. The molecule has 0 heterocycles. The van der Waals surface area contributed by atoms with E-state index in [1.807, 2.05) is 0 Å². The number of phenolic OH excluding ortho intramolecular Hbond substituents is 1. The zero-order valence-electron chi connectivity index (χ0n) is 8.49. The summed E-state index contributed by atoms with van der Waals surface area (Å²) in [4.78, 5) is 11.6. The van der Waals surface area contributed by atoms with Crippen LogP contribution in [0, 0.1) is 0 Å². The highest BCUT2D eigenvalue weighted by Crippen LogP contribution is 2.26. The van der Waals surface area contributed by atoms with Crippen molar-refractivity contribution in [3.8, 4) is 11.5 Å².